The smallest absolute Gasteiger partial charge is 0.0776 e. The van der Waals surface area contributed by atoms with E-state index in [0.29, 0.717) is 0 Å². The Labute approximate surface area is 87.4 Å². The van der Waals surface area contributed by atoms with Crippen LogP contribution in [0.25, 0.3) is 0 Å². The van der Waals surface area contributed by atoms with Crippen LogP contribution in [0.5, 0.6) is 0 Å². The van der Waals surface area contributed by atoms with Gasteiger partial charge in [0.15, 0.2) is 0 Å². The standard InChI is InChI=1S/C13H14Si/c1-6-11-8-9-13(14(3,4)5)10-12(11)7-2/h1-2,8-10H,3-5H3. The Morgan fingerprint density at radius 1 is 1.00 bits per heavy atom. The second-order valence-electron chi connectivity index (χ2n) is 4.30. The summed E-state index contributed by atoms with van der Waals surface area (Å²) in [6.07, 6.45) is 10.8. The SMILES string of the molecule is C#Cc1ccc([Si](C)(C)C)cc1C#C. The van der Waals surface area contributed by atoms with Gasteiger partial charge < -0.3 is 0 Å². The number of rotatable bonds is 1. The predicted molar refractivity (Wildman–Crippen MR) is 65.3 cm³/mol. The zero-order valence-corrected chi connectivity index (χ0v) is 9.89. The van der Waals surface area contributed by atoms with Crippen molar-refractivity contribution in [2.24, 2.45) is 0 Å². The van der Waals surface area contributed by atoms with Gasteiger partial charge in [-0.05, 0) is 12.1 Å². The average molecular weight is 198 g/mol. The molecule has 70 valence electrons. The molecule has 0 nitrogen and oxygen atoms in total. The van der Waals surface area contributed by atoms with Gasteiger partial charge in [0.05, 0.1) is 8.07 Å². The van der Waals surface area contributed by atoms with E-state index in [1.54, 1.807) is 0 Å². The summed E-state index contributed by atoms with van der Waals surface area (Å²) < 4.78 is 0. The molecule has 0 atom stereocenters. The first-order chi connectivity index (χ1) is 6.49. The van der Waals surface area contributed by atoms with E-state index < -0.39 is 8.07 Å². The molecule has 0 aromatic heterocycles. The van der Waals surface area contributed by atoms with Crippen LogP contribution in [-0.2, 0) is 0 Å². The fraction of sp³-hybridized carbons (Fsp3) is 0.231. The molecule has 1 rings (SSSR count). The minimum atomic E-state index is -1.28. The Morgan fingerprint density at radius 2 is 1.57 bits per heavy atom. The lowest BCUT2D eigenvalue weighted by Crippen LogP contribution is -2.37. The van der Waals surface area contributed by atoms with E-state index in [4.69, 9.17) is 12.8 Å². The summed E-state index contributed by atoms with van der Waals surface area (Å²) in [4.78, 5) is 0. The lowest BCUT2D eigenvalue weighted by atomic mass is 10.1. The van der Waals surface area contributed by atoms with Crippen LogP contribution >= 0.6 is 0 Å². The number of terminal acetylenes is 2. The molecule has 14 heavy (non-hydrogen) atoms. The van der Waals surface area contributed by atoms with Crippen molar-refractivity contribution in [1.29, 1.82) is 0 Å². The lowest BCUT2D eigenvalue weighted by molar-refractivity contribution is 1.59. The summed E-state index contributed by atoms with van der Waals surface area (Å²) in [5, 5.41) is 1.35. The Balaban J connectivity index is 3.32. The molecule has 0 heterocycles. The first kappa shape index (κ1) is 10.6. The van der Waals surface area contributed by atoms with Gasteiger partial charge in [0.2, 0.25) is 0 Å². The topological polar surface area (TPSA) is 0 Å². The minimum Gasteiger partial charge on any atom is -0.115 e. The third kappa shape index (κ3) is 2.07. The summed E-state index contributed by atoms with van der Waals surface area (Å²) in [6.45, 7) is 6.87. The van der Waals surface area contributed by atoms with E-state index in [1.807, 2.05) is 6.07 Å². The Bertz CT molecular complexity index is 422. The van der Waals surface area contributed by atoms with E-state index in [2.05, 4.69) is 43.6 Å². The maximum atomic E-state index is 5.41. The molecule has 1 aromatic rings. The van der Waals surface area contributed by atoms with Crippen LogP contribution < -0.4 is 5.19 Å². The maximum absolute atomic E-state index is 5.41. The van der Waals surface area contributed by atoms with Crippen molar-refractivity contribution in [3.05, 3.63) is 29.3 Å². The summed E-state index contributed by atoms with van der Waals surface area (Å²) in [5.74, 6) is 5.24. The van der Waals surface area contributed by atoms with Crippen LogP contribution in [0.4, 0.5) is 0 Å². The molecule has 0 spiro atoms. The molecule has 0 aliphatic rings. The molecule has 0 aliphatic carbocycles. The van der Waals surface area contributed by atoms with Crippen molar-refractivity contribution in [2.75, 3.05) is 0 Å². The van der Waals surface area contributed by atoms with Crippen molar-refractivity contribution < 1.29 is 0 Å². The molecule has 0 N–H and O–H groups in total. The van der Waals surface area contributed by atoms with Crippen molar-refractivity contribution in [2.45, 2.75) is 19.6 Å². The first-order valence-electron chi connectivity index (χ1n) is 4.57. The molecule has 0 fully saturated rings. The fourth-order valence-electron chi connectivity index (χ4n) is 1.26. The van der Waals surface area contributed by atoms with E-state index in [0.717, 1.165) is 11.1 Å². The molecule has 0 saturated heterocycles. The zero-order chi connectivity index (χ0) is 10.8. The van der Waals surface area contributed by atoms with Crippen LogP contribution in [0.1, 0.15) is 11.1 Å². The van der Waals surface area contributed by atoms with Gasteiger partial charge >= 0.3 is 0 Å². The Morgan fingerprint density at radius 3 is 2.00 bits per heavy atom. The van der Waals surface area contributed by atoms with Gasteiger partial charge in [-0.2, -0.15) is 0 Å². The molecule has 1 aromatic carbocycles. The summed E-state index contributed by atoms with van der Waals surface area (Å²) in [5.41, 5.74) is 1.65. The highest BCUT2D eigenvalue weighted by Crippen LogP contribution is 2.08. The highest BCUT2D eigenvalue weighted by molar-refractivity contribution is 6.88. The Kier molecular flexibility index (Phi) is 2.84. The molecule has 0 unspecified atom stereocenters. The van der Waals surface area contributed by atoms with Crippen LogP contribution in [0.15, 0.2) is 18.2 Å². The van der Waals surface area contributed by atoms with Crippen molar-refractivity contribution in [3.63, 3.8) is 0 Å². The molecule has 1 heteroatoms. The Hall–Kier alpha value is -1.44. The molecule has 0 amide bonds. The summed E-state index contributed by atoms with van der Waals surface area (Å²) >= 11 is 0. The van der Waals surface area contributed by atoms with E-state index >= 15 is 0 Å². The minimum absolute atomic E-state index is 0.814. The van der Waals surface area contributed by atoms with Crippen molar-refractivity contribution in [3.8, 4) is 24.7 Å². The molecule has 0 saturated carbocycles. The van der Waals surface area contributed by atoms with Gasteiger partial charge in [-0.3, -0.25) is 0 Å². The normalized spacial score (nSPS) is 10.4. The van der Waals surface area contributed by atoms with E-state index in [-0.39, 0.29) is 0 Å². The third-order valence-electron chi connectivity index (χ3n) is 2.20. The summed E-state index contributed by atoms with van der Waals surface area (Å²) in [7, 11) is -1.28. The van der Waals surface area contributed by atoms with Gasteiger partial charge in [0.25, 0.3) is 0 Å². The van der Waals surface area contributed by atoms with Crippen LogP contribution in [0, 0.1) is 24.7 Å². The van der Waals surface area contributed by atoms with Crippen molar-refractivity contribution >= 4 is 13.3 Å². The highest BCUT2D eigenvalue weighted by atomic mass is 28.3. The van der Waals surface area contributed by atoms with Crippen LogP contribution in [0.3, 0.4) is 0 Å². The van der Waals surface area contributed by atoms with Crippen LogP contribution in [-0.4, -0.2) is 8.07 Å². The fourth-order valence-corrected chi connectivity index (χ4v) is 2.42. The van der Waals surface area contributed by atoms with Crippen molar-refractivity contribution in [1.82, 2.24) is 0 Å². The quantitative estimate of drug-likeness (QED) is 0.479. The van der Waals surface area contributed by atoms with Gasteiger partial charge in [-0.15, -0.1) is 12.8 Å². The number of benzene rings is 1. The van der Waals surface area contributed by atoms with E-state index in [9.17, 15) is 0 Å². The average Bonchev–Trinajstić information content (AvgIpc) is 2.15. The molecular formula is C13H14Si. The van der Waals surface area contributed by atoms with Gasteiger partial charge in [-0.1, -0.05) is 42.7 Å². The first-order valence-corrected chi connectivity index (χ1v) is 8.07. The molecule has 0 bridgehead atoms. The molecule has 0 aliphatic heterocycles. The van der Waals surface area contributed by atoms with E-state index in [1.165, 1.54) is 5.19 Å². The lowest BCUT2D eigenvalue weighted by Gasteiger charge is -2.17. The number of hydrogen-bond acceptors (Lipinski definition) is 0. The third-order valence-corrected chi connectivity index (χ3v) is 4.24. The largest absolute Gasteiger partial charge is 0.115 e. The highest BCUT2D eigenvalue weighted by Gasteiger charge is 2.16. The predicted octanol–water partition coefficient (Wildman–Crippen LogP) is 2.19. The zero-order valence-electron chi connectivity index (χ0n) is 8.89. The molecule has 0 radical (unpaired) electrons. The number of hydrogen-bond donors (Lipinski definition) is 0. The second-order valence-corrected chi connectivity index (χ2v) is 9.38. The maximum Gasteiger partial charge on any atom is 0.0776 e. The second kappa shape index (κ2) is 3.74. The molecular weight excluding hydrogens is 184 g/mol. The van der Waals surface area contributed by atoms with Gasteiger partial charge in [-0.25, -0.2) is 0 Å². The van der Waals surface area contributed by atoms with Crippen LogP contribution in [0.2, 0.25) is 19.6 Å². The van der Waals surface area contributed by atoms with Gasteiger partial charge in [0, 0.05) is 11.1 Å². The summed E-state index contributed by atoms with van der Waals surface area (Å²) in [6, 6.07) is 6.10. The van der Waals surface area contributed by atoms with Gasteiger partial charge in [0.1, 0.15) is 0 Å². The monoisotopic (exact) mass is 198 g/mol.